The van der Waals surface area contributed by atoms with Crippen LogP contribution in [0.1, 0.15) is 25.3 Å². The number of rotatable bonds is 3. The minimum Gasteiger partial charge on any atom is -0.328 e. The van der Waals surface area contributed by atoms with Crippen molar-refractivity contribution in [1.29, 1.82) is 0 Å². The Kier molecular flexibility index (Phi) is 4.60. The smallest absolute Gasteiger partial charge is 0.0244 e. The summed E-state index contributed by atoms with van der Waals surface area (Å²) in [5.41, 5.74) is 7.34. The second-order valence-electron chi connectivity index (χ2n) is 5.06. The number of piperidine rings is 1. The molecule has 2 rings (SSSR count). The molecular formula is C14H21BrN2. The van der Waals surface area contributed by atoms with Gasteiger partial charge >= 0.3 is 0 Å². The van der Waals surface area contributed by atoms with E-state index in [4.69, 9.17) is 5.73 Å². The average Bonchev–Trinajstić information content (AvgIpc) is 2.33. The van der Waals surface area contributed by atoms with Crippen LogP contribution in [-0.4, -0.2) is 24.0 Å². The minimum absolute atomic E-state index is 0.348. The van der Waals surface area contributed by atoms with E-state index in [1.807, 2.05) is 0 Å². The van der Waals surface area contributed by atoms with Gasteiger partial charge in [0.05, 0.1) is 0 Å². The molecule has 1 fully saturated rings. The van der Waals surface area contributed by atoms with Crippen LogP contribution in [0.3, 0.4) is 0 Å². The van der Waals surface area contributed by atoms with E-state index >= 15 is 0 Å². The molecule has 0 aromatic heterocycles. The standard InChI is InChI=1S/C14H21BrN2/c1-11(16)12-6-8-17(9-7-12)10-13-4-2-3-5-14(13)15/h2-5,11-12H,6-10,16H2,1H3. The molecule has 1 aliphatic rings. The summed E-state index contributed by atoms with van der Waals surface area (Å²) in [5.74, 6) is 0.713. The van der Waals surface area contributed by atoms with Crippen molar-refractivity contribution in [2.75, 3.05) is 13.1 Å². The van der Waals surface area contributed by atoms with Gasteiger partial charge in [-0.3, -0.25) is 4.90 Å². The molecule has 0 radical (unpaired) electrons. The van der Waals surface area contributed by atoms with Gasteiger partial charge in [-0.25, -0.2) is 0 Å². The Morgan fingerprint density at radius 1 is 1.35 bits per heavy atom. The Bertz CT molecular complexity index is 357. The highest BCUT2D eigenvalue weighted by atomic mass is 79.9. The molecule has 17 heavy (non-hydrogen) atoms. The zero-order chi connectivity index (χ0) is 12.3. The predicted molar refractivity (Wildman–Crippen MR) is 75.8 cm³/mol. The number of nitrogens with two attached hydrogens (primary N) is 1. The van der Waals surface area contributed by atoms with Crippen LogP contribution in [0.4, 0.5) is 0 Å². The molecule has 2 nitrogen and oxygen atoms in total. The van der Waals surface area contributed by atoms with Crippen molar-refractivity contribution in [3.63, 3.8) is 0 Å². The minimum atomic E-state index is 0.348. The summed E-state index contributed by atoms with van der Waals surface area (Å²) in [4.78, 5) is 2.53. The summed E-state index contributed by atoms with van der Waals surface area (Å²) >= 11 is 3.61. The van der Waals surface area contributed by atoms with E-state index in [0.717, 1.165) is 6.54 Å². The molecular weight excluding hydrogens is 276 g/mol. The van der Waals surface area contributed by atoms with Crippen LogP contribution < -0.4 is 5.73 Å². The summed E-state index contributed by atoms with van der Waals surface area (Å²) < 4.78 is 1.22. The summed E-state index contributed by atoms with van der Waals surface area (Å²) in [6, 6.07) is 8.83. The SMILES string of the molecule is CC(N)C1CCN(Cc2ccccc2Br)CC1. The van der Waals surface area contributed by atoms with Crippen molar-refractivity contribution in [3.05, 3.63) is 34.3 Å². The zero-order valence-corrected chi connectivity index (χ0v) is 12.0. The number of likely N-dealkylation sites (tertiary alicyclic amines) is 1. The first-order valence-corrected chi connectivity index (χ1v) is 7.17. The summed E-state index contributed by atoms with van der Waals surface area (Å²) in [6.07, 6.45) is 2.48. The summed E-state index contributed by atoms with van der Waals surface area (Å²) in [6.45, 7) is 5.53. The molecule has 0 spiro atoms. The van der Waals surface area contributed by atoms with Gasteiger partial charge in [0.2, 0.25) is 0 Å². The van der Waals surface area contributed by atoms with E-state index in [9.17, 15) is 0 Å². The first kappa shape index (κ1) is 13.1. The van der Waals surface area contributed by atoms with Crippen LogP contribution in [-0.2, 0) is 6.54 Å². The fraction of sp³-hybridized carbons (Fsp3) is 0.571. The summed E-state index contributed by atoms with van der Waals surface area (Å²) in [7, 11) is 0. The second kappa shape index (κ2) is 5.98. The molecule has 3 heteroatoms. The molecule has 0 bridgehead atoms. The Morgan fingerprint density at radius 3 is 2.59 bits per heavy atom. The van der Waals surface area contributed by atoms with Gasteiger partial charge in [-0.15, -0.1) is 0 Å². The highest BCUT2D eigenvalue weighted by molar-refractivity contribution is 9.10. The highest BCUT2D eigenvalue weighted by Crippen LogP contribution is 2.23. The van der Waals surface area contributed by atoms with Gasteiger partial charge in [0.25, 0.3) is 0 Å². The maximum atomic E-state index is 5.96. The van der Waals surface area contributed by atoms with Gasteiger partial charge in [0.1, 0.15) is 0 Å². The van der Waals surface area contributed by atoms with Crippen molar-refractivity contribution in [2.24, 2.45) is 11.7 Å². The third-order valence-electron chi connectivity index (χ3n) is 3.73. The lowest BCUT2D eigenvalue weighted by Crippen LogP contribution is -2.39. The number of hydrogen-bond acceptors (Lipinski definition) is 2. The fourth-order valence-electron chi connectivity index (χ4n) is 2.50. The number of halogens is 1. The van der Waals surface area contributed by atoms with Crippen LogP contribution >= 0.6 is 15.9 Å². The van der Waals surface area contributed by atoms with E-state index in [0.29, 0.717) is 12.0 Å². The molecule has 1 heterocycles. The van der Waals surface area contributed by atoms with Crippen LogP contribution in [0.5, 0.6) is 0 Å². The number of hydrogen-bond donors (Lipinski definition) is 1. The highest BCUT2D eigenvalue weighted by Gasteiger charge is 2.21. The van der Waals surface area contributed by atoms with Gasteiger partial charge in [-0.05, 0) is 50.4 Å². The van der Waals surface area contributed by atoms with Crippen molar-refractivity contribution in [1.82, 2.24) is 4.90 Å². The van der Waals surface area contributed by atoms with E-state index in [2.05, 4.69) is 52.0 Å². The monoisotopic (exact) mass is 296 g/mol. The number of nitrogens with zero attached hydrogens (tertiary/aromatic N) is 1. The zero-order valence-electron chi connectivity index (χ0n) is 10.4. The normalized spacial score (nSPS) is 20.4. The van der Waals surface area contributed by atoms with Crippen LogP contribution in [0.25, 0.3) is 0 Å². The maximum Gasteiger partial charge on any atom is 0.0244 e. The lowest BCUT2D eigenvalue weighted by Gasteiger charge is -2.33. The first-order chi connectivity index (χ1) is 8.16. The molecule has 94 valence electrons. The maximum absolute atomic E-state index is 5.96. The van der Waals surface area contributed by atoms with Crippen LogP contribution in [0.2, 0.25) is 0 Å². The Balaban J connectivity index is 1.88. The van der Waals surface area contributed by atoms with Gasteiger partial charge < -0.3 is 5.73 Å². The molecule has 1 aliphatic heterocycles. The molecule has 0 saturated carbocycles. The molecule has 1 aromatic rings. The average molecular weight is 297 g/mol. The van der Waals surface area contributed by atoms with Crippen molar-refractivity contribution >= 4 is 15.9 Å². The molecule has 0 amide bonds. The molecule has 1 atom stereocenters. The first-order valence-electron chi connectivity index (χ1n) is 6.38. The van der Waals surface area contributed by atoms with Crippen LogP contribution in [0.15, 0.2) is 28.7 Å². The van der Waals surface area contributed by atoms with Gasteiger partial charge in [0, 0.05) is 17.1 Å². The van der Waals surface area contributed by atoms with Crippen molar-refractivity contribution < 1.29 is 0 Å². The fourth-order valence-corrected chi connectivity index (χ4v) is 2.91. The topological polar surface area (TPSA) is 29.3 Å². The Morgan fingerprint density at radius 2 is 2.00 bits per heavy atom. The quantitative estimate of drug-likeness (QED) is 0.929. The van der Waals surface area contributed by atoms with Gasteiger partial charge in [-0.1, -0.05) is 34.1 Å². The molecule has 1 aromatic carbocycles. The predicted octanol–water partition coefficient (Wildman–Crippen LogP) is 3.01. The van der Waals surface area contributed by atoms with E-state index in [1.54, 1.807) is 0 Å². The second-order valence-corrected chi connectivity index (χ2v) is 5.92. The van der Waals surface area contributed by atoms with Crippen LogP contribution in [0, 0.1) is 5.92 Å². The Hall–Kier alpha value is -0.380. The Labute approximate surface area is 112 Å². The number of benzene rings is 1. The van der Waals surface area contributed by atoms with E-state index in [1.165, 1.54) is 36.0 Å². The lowest BCUT2D eigenvalue weighted by molar-refractivity contribution is 0.165. The molecule has 1 unspecified atom stereocenters. The molecule has 0 aliphatic carbocycles. The van der Waals surface area contributed by atoms with Gasteiger partial charge in [-0.2, -0.15) is 0 Å². The van der Waals surface area contributed by atoms with Crippen molar-refractivity contribution in [2.45, 2.75) is 32.4 Å². The largest absolute Gasteiger partial charge is 0.328 e. The third-order valence-corrected chi connectivity index (χ3v) is 4.50. The van der Waals surface area contributed by atoms with E-state index in [-0.39, 0.29) is 0 Å². The third kappa shape index (κ3) is 3.54. The summed E-state index contributed by atoms with van der Waals surface area (Å²) in [5, 5.41) is 0. The lowest BCUT2D eigenvalue weighted by atomic mass is 9.91. The van der Waals surface area contributed by atoms with Crippen molar-refractivity contribution in [3.8, 4) is 0 Å². The van der Waals surface area contributed by atoms with Gasteiger partial charge in [0.15, 0.2) is 0 Å². The molecule has 1 saturated heterocycles. The van der Waals surface area contributed by atoms with E-state index < -0.39 is 0 Å². The molecule has 2 N–H and O–H groups in total.